The van der Waals surface area contributed by atoms with Gasteiger partial charge in [-0.15, -0.1) is 0 Å². The Morgan fingerprint density at radius 3 is 2.29 bits per heavy atom. The molecule has 0 atom stereocenters. The number of ether oxygens (including phenoxy) is 2. The summed E-state index contributed by atoms with van der Waals surface area (Å²) in [5.74, 6) is 3.01. The summed E-state index contributed by atoms with van der Waals surface area (Å²) in [5.41, 5.74) is 3.05. The minimum Gasteiger partial charge on any atom is -0.494 e. The van der Waals surface area contributed by atoms with Gasteiger partial charge >= 0.3 is 0 Å². The number of aromatic amines is 1. The number of carbonyl (C=O) groups excluding carboxylic acids is 2. The van der Waals surface area contributed by atoms with E-state index in [-0.39, 0.29) is 23.8 Å². The van der Waals surface area contributed by atoms with Crippen LogP contribution in [0.3, 0.4) is 0 Å². The fourth-order valence-corrected chi connectivity index (χ4v) is 8.39. The average molecular weight is 572 g/mol. The van der Waals surface area contributed by atoms with Crippen molar-refractivity contribution in [2.24, 2.45) is 23.2 Å². The quantitative estimate of drug-likeness (QED) is 0.280. The highest BCUT2D eigenvalue weighted by atomic mass is 16.5. The second kappa shape index (κ2) is 12.5. The largest absolute Gasteiger partial charge is 0.494 e. The lowest BCUT2D eigenvalue weighted by atomic mass is 9.49. The Hall–Kier alpha value is -3.32. The molecule has 2 amide bonds. The van der Waals surface area contributed by atoms with Crippen LogP contribution in [0.25, 0.3) is 10.9 Å². The van der Waals surface area contributed by atoms with Crippen molar-refractivity contribution in [3.8, 4) is 5.75 Å². The third-order valence-electron chi connectivity index (χ3n) is 9.96. The Kier molecular flexibility index (Phi) is 8.57. The van der Waals surface area contributed by atoms with Crippen LogP contribution in [-0.4, -0.2) is 66.6 Å². The van der Waals surface area contributed by atoms with Crippen molar-refractivity contribution >= 4 is 22.7 Å². The Labute approximate surface area is 249 Å². The smallest absolute Gasteiger partial charge is 0.242 e. The van der Waals surface area contributed by atoms with Gasteiger partial charge in [-0.05, 0) is 98.9 Å². The average Bonchev–Trinajstić information content (AvgIpc) is 3.40. The van der Waals surface area contributed by atoms with Crippen LogP contribution in [-0.2, 0) is 27.3 Å². The fourth-order valence-electron chi connectivity index (χ4n) is 8.39. The second-order valence-electron chi connectivity index (χ2n) is 12.9. The number of nitrogens with zero attached hydrogens (tertiary/aromatic N) is 2. The van der Waals surface area contributed by atoms with E-state index in [0.29, 0.717) is 50.6 Å². The van der Waals surface area contributed by atoms with Gasteiger partial charge in [-0.3, -0.25) is 9.59 Å². The highest BCUT2D eigenvalue weighted by molar-refractivity contribution is 5.88. The third-order valence-corrected chi connectivity index (χ3v) is 9.96. The zero-order chi connectivity index (χ0) is 29.1. The Balaban J connectivity index is 1.21. The van der Waals surface area contributed by atoms with Gasteiger partial charge in [-0.1, -0.05) is 30.3 Å². The molecule has 0 radical (unpaired) electrons. The molecule has 0 aliphatic heterocycles. The number of para-hydroxylation sites is 1. The molecule has 7 rings (SSSR count). The van der Waals surface area contributed by atoms with Crippen LogP contribution in [0.4, 0.5) is 0 Å². The van der Waals surface area contributed by atoms with Crippen LogP contribution in [0, 0.1) is 23.2 Å². The van der Waals surface area contributed by atoms with Crippen molar-refractivity contribution in [1.82, 2.24) is 14.8 Å². The van der Waals surface area contributed by atoms with Crippen molar-refractivity contribution in [1.29, 1.82) is 0 Å². The van der Waals surface area contributed by atoms with Gasteiger partial charge < -0.3 is 24.3 Å². The normalized spacial score (nSPS) is 24.2. The standard InChI is InChI=1S/C35H45N3O4/c1-3-42-30-10-8-25(9-11-30)23-37(13-12-29-22-36-32-7-5-4-6-31(29)32)33(39)24-38(14-15-41-2)34(40)35-19-26-16-27(20-35)18-28(17-26)21-35/h4-11,22,26-28,36H,3,12-21,23-24H2,1-2H3. The van der Waals surface area contributed by atoms with Crippen LogP contribution >= 0.6 is 0 Å². The summed E-state index contributed by atoms with van der Waals surface area (Å²) in [7, 11) is 1.66. The molecule has 3 aromatic rings. The molecule has 7 heteroatoms. The van der Waals surface area contributed by atoms with E-state index >= 15 is 0 Å². The Morgan fingerprint density at radius 2 is 1.62 bits per heavy atom. The molecule has 224 valence electrons. The van der Waals surface area contributed by atoms with Crippen LogP contribution < -0.4 is 4.74 Å². The van der Waals surface area contributed by atoms with E-state index < -0.39 is 0 Å². The number of methoxy groups -OCH3 is 1. The zero-order valence-corrected chi connectivity index (χ0v) is 25.1. The molecule has 7 nitrogen and oxygen atoms in total. The third kappa shape index (κ3) is 6.07. The number of hydrogen-bond donors (Lipinski definition) is 1. The van der Waals surface area contributed by atoms with Crippen LogP contribution in [0.2, 0.25) is 0 Å². The van der Waals surface area contributed by atoms with Crippen molar-refractivity contribution in [3.05, 3.63) is 65.9 Å². The number of hydrogen-bond acceptors (Lipinski definition) is 4. The predicted molar refractivity (Wildman–Crippen MR) is 164 cm³/mol. The molecule has 1 N–H and O–H groups in total. The molecule has 0 saturated heterocycles. The number of aromatic nitrogens is 1. The molecule has 0 unspecified atom stereocenters. The van der Waals surface area contributed by atoms with Gasteiger partial charge in [0.25, 0.3) is 0 Å². The summed E-state index contributed by atoms with van der Waals surface area (Å²) in [6.45, 7) is 4.61. The summed E-state index contributed by atoms with van der Waals surface area (Å²) in [5, 5.41) is 1.18. The van der Waals surface area contributed by atoms with E-state index in [9.17, 15) is 9.59 Å². The van der Waals surface area contributed by atoms with E-state index in [4.69, 9.17) is 9.47 Å². The van der Waals surface area contributed by atoms with Gasteiger partial charge in [0.15, 0.2) is 0 Å². The minimum absolute atomic E-state index is 0.0158. The molecule has 1 aromatic heterocycles. The molecule has 42 heavy (non-hydrogen) atoms. The van der Waals surface area contributed by atoms with Crippen molar-refractivity contribution in [3.63, 3.8) is 0 Å². The maximum absolute atomic E-state index is 14.3. The van der Waals surface area contributed by atoms with Gasteiger partial charge in [0.1, 0.15) is 5.75 Å². The minimum atomic E-state index is -0.285. The Morgan fingerprint density at radius 1 is 0.929 bits per heavy atom. The van der Waals surface area contributed by atoms with E-state index in [2.05, 4.69) is 17.1 Å². The van der Waals surface area contributed by atoms with Crippen molar-refractivity contribution in [2.45, 2.75) is 58.4 Å². The lowest BCUT2D eigenvalue weighted by Crippen LogP contribution is -2.56. The molecule has 4 bridgehead atoms. The van der Waals surface area contributed by atoms with E-state index in [1.165, 1.54) is 30.2 Å². The Bertz CT molecular complexity index is 1350. The summed E-state index contributed by atoms with van der Waals surface area (Å²) in [6, 6.07) is 16.2. The SMILES string of the molecule is CCOc1ccc(CN(CCc2c[nH]c3ccccc23)C(=O)CN(CCOC)C(=O)C23CC4CC(CC(C4)C2)C3)cc1. The van der Waals surface area contributed by atoms with Crippen molar-refractivity contribution in [2.75, 3.05) is 40.0 Å². The lowest BCUT2D eigenvalue weighted by molar-refractivity contribution is -0.161. The van der Waals surface area contributed by atoms with Crippen LogP contribution in [0.5, 0.6) is 5.75 Å². The number of nitrogens with one attached hydrogen (secondary N) is 1. The zero-order valence-electron chi connectivity index (χ0n) is 25.1. The predicted octanol–water partition coefficient (Wildman–Crippen LogP) is 5.83. The molecule has 4 fully saturated rings. The first-order valence-electron chi connectivity index (χ1n) is 15.8. The molecular formula is C35H45N3O4. The van der Waals surface area contributed by atoms with Crippen molar-refractivity contribution < 1.29 is 19.1 Å². The lowest BCUT2D eigenvalue weighted by Gasteiger charge is -2.56. The maximum Gasteiger partial charge on any atom is 0.242 e. The summed E-state index contributed by atoms with van der Waals surface area (Å²) >= 11 is 0. The van der Waals surface area contributed by atoms with Crippen LogP contribution in [0.1, 0.15) is 56.6 Å². The first-order chi connectivity index (χ1) is 20.5. The summed E-state index contributed by atoms with van der Waals surface area (Å²) in [6.07, 6.45) is 9.61. The van der Waals surface area contributed by atoms with Gasteiger partial charge in [0.2, 0.25) is 11.8 Å². The molecule has 4 saturated carbocycles. The first-order valence-corrected chi connectivity index (χ1v) is 15.8. The molecular weight excluding hydrogens is 526 g/mol. The highest BCUT2D eigenvalue weighted by Gasteiger charge is 2.55. The van der Waals surface area contributed by atoms with Crippen LogP contribution in [0.15, 0.2) is 54.7 Å². The number of carbonyl (C=O) groups is 2. The highest BCUT2D eigenvalue weighted by Crippen LogP contribution is 2.60. The number of rotatable bonds is 13. The summed E-state index contributed by atoms with van der Waals surface area (Å²) in [4.78, 5) is 35.5. The number of benzene rings is 2. The van der Waals surface area contributed by atoms with Gasteiger partial charge in [0.05, 0.1) is 25.2 Å². The first kappa shape index (κ1) is 28.8. The van der Waals surface area contributed by atoms with Gasteiger partial charge in [-0.2, -0.15) is 0 Å². The number of amides is 2. The molecule has 2 aromatic carbocycles. The maximum atomic E-state index is 14.3. The van der Waals surface area contributed by atoms with E-state index in [0.717, 1.165) is 42.5 Å². The fraction of sp³-hybridized carbons (Fsp3) is 0.543. The molecule has 4 aliphatic rings. The molecule has 4 aliphatic carbocycles. The molecule has 1 heterocycles. The van der Waals surface area contributed by atoms with Gasteiger partial charge in [0, 0.05) is 43.8 Å². The van der Waals surface area contributed by atoms with Gasteiger partial charge in [-0.25, -0.2) is 0 Å². The van der Waals surface area contributed by atoms with E-state index in [1.54, 1.807) is 7.11 Å². The monoisotopic (exact) mass is 571 g/mol. The topological polar surface area (TPSA) is 74.9 Å². The second-order valence-corrected chi connectivity index (χ2v) is 12.9. The summed E-state index contributed by atoms with van der Waals surface area (Å²) < 4.78 is 11.0. The number of H-pyrrole nitrogens is 1. The number of fused-ring (bicyclic) bond motifs is 1. The molecule has 0 spiro atoms. The van der Waals surface area contributed by atoms with E-state index in [1.807, 2.05) is 59.3 Å².